The fourth-order valence-electron chi connectivity index (χ4n) is 1.99. The Morgan fingerprint density at radius 2 is 1.81 bits per heavy atom. The molecule has 3 N–H and O–H groups in total. The van der Waals surface area contributed by atoms with E-state index in [9.17, 15) is 18.0 Å². The van der Waals surface area contributed by atoms with Crippen LogP contribution in [0, 0.1) is 0 Å². The number of carbonyl (C=O) groups excluding carboxylic acids is 1. The van der Waals surface area contributed by atoms with Gasteiger partial charge in [-0.05, 0) is 48.1 Å². The number of thiocarbonyl (C=S) groups is 1. The summed E-state index contributed by atoms with van der Waals surface area (Å²) in [6.45, 7) is 0.398. The summed E-state index contributed by atoms with van der Waals surface area (Å²) in [7, 11) is 1.57. The zero-order valence-electron chi connectivity index (χ0n) is 13.7. The van der Waals surface area contributed by atoms with E-state index in [-0.39, 0.29) is 10.7 Å². The van der Waals surface area contributed by atoms with E-state index in [1.165, 1.54) is 6.07 Å². The second-order valence-electron chi connectivity index (χ2n) is 5.19. The van der Waals surface area contributed by atoms with Crippen LogP contribution in [-0.2, 0) is 12.7 Å². The largest absolute Gasteiger partial charge is 0.497 e. The van der Waals surface area contributed by atoms with Gasteiger partial charge in [-0.15, -0.1) is 0 Å². The molecule has 0 radical (unpaired) electrons. The van der Waals surface area contributed by atoms with Crippen molar-refractivity contribution >= 4 is 23.2 Å². The summed E-state index contributed by atoms with van der Waals surface area (Å²) >= 11 is 5.01. The zero-order valence-corrected chi connectivity index (χ0v) is 14.5. The van der Waals surface area contributed by atoms with Gasteiger partial charge >= 0.3 is 6.18 Å². The predicted octanol–water partition coefficient (Wildman–Crippen LogP) is 3.02. The highest BCUT2D eigenvalue weighted by Crippen LogP contribution is 2.29. The molecular weight excluding hydrogens is 367 g/mol. The van der Waals surface area contributed by atoms with E-state index < -0.39 is 17.6 Å². The molecule has 0 saturated carbocycles. The van der Waals surface area contributed by atoms with Crippen LogP contribution < -0.4 is 20.9 Å². The van der Waals surface area contributed by atoms with Crippen molar-refractivity contribution in [2.24, 2.45) is 0 Å². The highest BCUT2D eigenvalue weighted by atomic mass is 32.1. The summed E-state index contributed by atoms with van der Waals surface area (Å²) in [5.41, 5.74) is 4.60. The Labute approximate surface area is 153 Å². The summed E-state index contributed by atoms with van der Waals surface area (Å²) in [5.74, 6) is -0.00694. The molecular formula is C17H16F3N3O2S. The highest BCUT2D eigenvalue weighted by molar-refractivity contribution is 7.80. The van der Waals surface area contributed by atoms with Gasteiger partial charge in [-0.3, -0.25) is 15.6 Å². The molecule has 0 spiro atoms. The second-order valence-corrected chi connectivity index (χ2v) is 5.60. The molecule has 0 unspecified atom stereocenters. The maximum absolute atomic E-state index is 12.7. The summed E-state index contributed by atoms with van der Waals surface area (Å²) in [6.07, 6.45) is -4.51. The van der Waals surface area contributed by atoms with Crippen molar-refractivity contribution in [1.29, 1.82) is 0 Å². The van der Waals surface area contributed by atoms with Gasteiger partial charge in [0.1, 0.15) is 5.75 Å². The van der Waals surface area contributed by atoms with Crippen LogP contribution in [-0.4, -0.2) is 18.1 Å². The summed E-state index contributed by atoms with van der Waals surface area (Å²) < 4.78 is 43.1. The molecule has 0 atom stereocenters. The molecule has 2 aromatic rings. The Bertz CT molecular complexity index is 780. The number of halogens is 3. The molecule has 0 bridgehead atoms. The number of ether oxygens (including phenoxy) is 1. The number of alkyl halides is 3. The number of methoxy groups -OCH3 is 1. The number of amides is 1. The van der Waals surface area contributed by atoms with Gasteiger partial charge in [-0.1, -0.05) is 18.2 Å². The molecule has 138 valence electrons. The molecule has 0 saturated heterocycles. The van der Waals surface area contributed by atoms with E-state index in [0.29, 0.717) is 6.54 Å². The van der Waals surface area contributed by atoms with Crippen molar-refractivity contribution in [2.75, 3.05) is 7.11 Å². The number of hydrogen-bond donors (Lipinski definition) is 3. The number of hydrogen-bond acceptors (Lipinski definition) is 3. The van der Waals surface area contributed by atoms with Gasteiger partial charge < -0.3 is 10.1 Å². The van der Waals surface area contributed by atoms with E-state index >= 15 is 0 Å². The third-order valence-electron chi connectivity index (χ3n) is 3.35. The van der Waals surface area contributed by atoms with Crippen LogP contribution >= 0.6 is 12.2 Å². The standard InChI is InChI=1S/C17H16F3N3O2S/c1-25-14-7-5-11(6-8-14)10-21-16(26)23-22-15(24)12-3-2-4-13(9-12)17(18,19)20/h2-9H,10H2,1H3,(H,22,24)(H2,21,23,26). The molecule has 0 aromatic heterocycles. The van der Waals surface area contributed by atoms with Crippen molar-refractivity contribution in [2.45, 2.75) is 12.7 Å². The number of benzene rings is 2. The Morgan fingerprint density at radius 3 is 2.42 bits per heavy atom. The smallest absolute Gasteiger partial charge is 0.416 e. The lowest BCUT2D eigenvalue weighted by Gasteiger charge is -2.13. The lowest BCUT2D eigenvalue weighted by atomic mass is 10.1. The molecule has 0 aliphatic heterocycles. The number of carbonyl (C=O) groups is 1. The molecule has 0 heterocycles. The fraction of sp³-hybridized carbons (Fsp3) is 0.176. The third kappa shape index (κ3) is 5.62. The maximum Gasteiger partial charge on any atom is 0.416 e. The third-order valence-corrected chi connectivity index (χ3v) is 3.60. The molecule has 1 amide bonds. The van der Waals surface area contributed by atoms with Gasteiger partial charge in [-0.25, -0.2) is 0 Å². The monoisotopic (exact) mass is 383 g/mol. The van der Waals surface area contributed by atoms with E-state index in [1.807, 2.05) is 12.1 Å². The Kier molecular flexibility index (Phi) is 6.40. The van der Waals surface area contributed by atoms with Gasteiger partial charge in [0.15, 0.2) is 5.11 Å². The molecule has 26 heavy (non-hydrogen) atoms. The van der Waals surface area contributed by atoms with Crippen molar-refractivity contribution in [3.63, 3.8) is 0 Å². The van der Waals surface area contributed by atoms with Crippen LogP contribution in [0.5, 0.6) is 5.75 Å². The van der Waals surface area contributed by atoms with Gasteiger partial charge in [-0.2, -0.15) is 13.2 Å². The average Bonchev–Trinajstić information content (AvgIpc) is 2.64. The van der Waals surface area contributed by atoms with Crippen LogP contribution in [0.15, 0.2) is 48.5 Å². The van der Waals surface area contributed by atoms with Gasteiger partial charge in [0.2, 0.25) is 0 Å². The summed E-state index contributed by atoms with van der Waals surface area (Å²) in [5, 5.41) is 2.99. The predicted molar refractivity (Wildman–Crippen MR) is 94.5 cm³/mol. The van der Waals surface area contributed by atoms with E-state index in [1.54, 1.807) is 19.2 Å². The van der Waals surface area contributed by atoms with Crippen molar-refractivity contribution in [1.82, 2.24) is 16.2 Å². The van der Waals surface area contributed by atoms with E-state index in [4.69, 9.17) is 17.0 Å². The first-order chi connectivity index (χ1) is 12.3. The van der Waals surface area contributed by atoms with Gasteiger partial charge in [0.05, 0.1) is 12.7 Å². The summed E-state index contributed by atoms with van der Waals surface area (Å²) in [4.78, 5) is 11.9. The Morgan fingerprint density at radius 1 is 1.12 bits per heavy atom. The van der Waals surface area contributed by atoms with Crippen LogP contribution in [0.1, 0.15) is 21.5 Å². The van der Waals surface area contributed by atoms with Gasteiger partial charge in [0, 0.05) is 12.1 Å². The Hall–Kier alpha value is -2.81. The van der Waals surface area contributed by atoms with Crippen LogP contribution in [0.4, 0.5) is 13.2 Å². The second kappa shape index (κ2) is 8.52. The minimum atomic E-state index is -4.51. The van der Waals surface area contributed by atoms with Crippen LogP contribution in [0.3, 0.4) is 0 Å². The number of rotatable bonds is 4. The molecule has 2 rings (SSSR count). The SMILES string of the molecule is COc1ccc(CNC(=S)NNC(=O)c2cccc(C(F)(F)F)c2)cc1. The Balaban J connectivity index is 1.84. The van der Waals surface area contributed by atoms with Gasteiger partial charge in [0.25, 0.3) is 5.91 Å². The molecule has 9 heteroatoms. The van der Waals surface area contributed by atoms with Crippen molar-refractivity contribution in [3.05, 3.63) is 65.2 Å². The van der Waals surface area contributed by atoms with E-state index in [0.717, 1.165) is 29.5 Å². The van der Waals surface area contributed by atoms with Crippen LogP contribution in [0.25, 0.3) is 0 Å². The zero-order chi connectivity index (χ0) is 19.2. The highest BCUT2D eigenvalue weighted by Gasteiger charge is 2.30. The summed E-state index contributed by atoms with van der Waals surface area (Å²) in [6, 6.07) is 11.4. The molecule has 0 fully saturated rings. The van der Waals surface area contributed by atoms with Crippen molar-refractivity contribution in [3.8, 4) is 5.75 Å². The number of hydrazine groups is 1. The lowest BCUT2D eigenvalue weighted by molar-refractivity contribution is -0.137. The topological polar surface area (TPSA) is 62.4 Å². The first kappa shape index (κ1) is 19.5. The normalized spacial score (nSPS) is 10.8. The lowest BCUT2D eigenvalue weighted by Crippen LogP contribution is -2.46. The number of nitrogens with one attached hydrogen (secondary N) is 3. The first-order valence-electron chi connectivity index (χ1n) is 7.44. The fourth-order valence-corrected chi connectivity index (χ4v) is 2.12. The first-order valence-corrected chi connectivity index (χ1v) is 7.85. The molecule has 2 aromatic carbocycles. The minimum Gasteiger partial charge on any atom is -0.497 e. The van der Waals surface area contributed by atoms with E-state index in [2.05, 4.69) is 16.2 Å². The van der Waals surface area contributed by atoms with Crippen molar-refractivity contribution < 1.29 is 22.7 Å². The molecule has 0 aliphatic carbocycles. The molecule has 5 nitrogen and oxygen atoms in total. The quantitative estimate of drug-likeness (QED) is 0.560. The molecule has 0 aliphatic rings. The van der Waals surface area contributed by atoms with Crippen LogP contribution in [0.2, 0.25) is 0 Å². The average molecular weight is 383 g/mol. The maximum atomic E-state index is 12.7. The minimum absolute atomic E-state index is 0.126.